The van der Waals surface area contributed by atoms with Crippen molar-refractivity contribution < 1.29 is 12.8 Å². The maximum absolute atomic E-state index is 14.1. The third-order valence-electron chi connectivity index (χ3n) is 2.69. The summed E-state index contributed by atoms with van der Waals surface area (Å²) >= 11 is 4.53. The van der Waals surface area contributed by atoms with Crippen LogP contribution in [0.2, 0.25) is 0 Å². The van der Waals surface area contributed by atoms with E-state index in [-0.39, 0.29) is 18.7 Å². The molecule has 9 heteroatoms. The Balaban J connectivity index is 2.29. The number of nitrogens with zero attached hydrogens (tertiary/aromatic N) is 1. The molecule has 0 fully saturated rings. The predicted molar refractivity (Wildman–Crippen MR) is 82.9 cm³/mol. The van der Waals surface area contributed by atoms with Gasteiger partial charge in [-0.1, -0.05) is 15.9 Å². The molecule has 3 N–H and O–H groups in total. The summed E-state index contributed by atoms with van der Waals surface area (Å²) < 4.78 is 41.4. The van der Waals surface area contributed by atoms with Crippen LogP contribution >= 0.6 is 27.3 Å². The highest BCUT2D eigenvalue weighted by atomic mass is 79.9. The number of hydrogen-bond donors (Lipinski definition) is 2. The smallest absolute Gasteiger partial charge is 0.243 e. The summed E-state index contributed by atoms with van der Waals surface area (Å²) in [5.41, 5.74) is 5.55. The molecule has 0 radical (unpaired) electrons. The molecule has 5 nitrogen and oxygen atoms in total. The zero-order valence-corrected chi connectivity index (χ0v) is 14.3. The van der Waals surface area contributed by atoms with E-state index < -0.39 is 20.7 Å². The Morgan fingerprint density at radius 2 is 2.19 bits per heavy atom. The van der Waals surface area contributed by atoms with Crippen LogP contribution in [0.5, 0.6) is 0 Å². The molecule has 1 heterocycles. The molecule has 0 saturated carbocycles. The Morgan fingerprint density at radius 1 is 1.48 bits per heavy atom. The lowest BCUT2D eigenvalue weighted by Crippen LogP contribution is -2.24. The monoisotopic (exact) mass is 393 g/mol. The van der Waals surface area contributed by atoms with Crippen molar-refractivity contribution in [3.05, 3.63) is 44.1 Å². The van der Waals surface area contributed by atoms with Gasteiger partial charge in [0.25, 0.3) is 0 Å². The van der Waals surface area contributed by atoms with Gasteiger partial charge in [-0.05, 0) is 19.1 Å². The second kappa shape index (κ2) is 6.49. The Morgan fingerprint density at radius 3 is 2.76 bits per heavy atom. The molecule has 0 unspecified atom stereocenters. The van der Waals surface area contributed by atoms with Crippen LogP contribution in [0.3, 0.4) is 0 Å². The lowest BCUT2D eigenvalue weighted by Gasteiger charge is -2.10. The summed E-state index contributed by atoms with van der Waals surface area (Å²) in [5.74, 6) is -0.825. The third kappa shape index (κ3) is 3.86. The molecule has 2 rings (SSSR count). The summed E-state index contributed by atoms with van der Waals surface area (Å²) in [6, 6.07) is 2.68. The van der Waals surface area contributed by atoms with Crippen LogP contribution < -0.4 is 10.5 Å². The van der Waals surface area contributed by atoms with Gasteiger partial charge in [-0.2, -0.15) is 0 Å². The van der Waals surface area contributed by atoms with E-state index in [2.05, 4.69) is 25.6 Å². The summed E-state index contributed by atoms with van der Waals surface area (Å²) in [6.45, 7) is 1.81. The average Bonchev–Trinajstić information content (AvgIpc) is 2.84. The Bertz CT molecular complexity index is 762. The minimum absolute atomic E-state index is 0.0672. The topological polar surface area (TPSA) is 85.1 Å². The fourth-order valence-electron chi connectivity index (χ4n) is 1.69. The molecule has 0 saturated heterocycles. The van der Waals surface area contributed by atoms with Gasteiger partial charge >= 0.3 is 0 Å². The average molecular weight is 394 g/mol. The molecule has 0 spiro atoms. The van der Waals surface area contributed by atoms with Crippen LogP contribution in [0.15, 0.2) is 27.7 Å². The van der Waals surface area contributed by atoms with Gasteiger partial charge in [-0.15, -0.1) is 11.3 Å². The quantitative estimate of drug-likeness (QED) is 0.815. The molecule has 0 bridgehead atoms. The maximum atomic E-state index is 14.1. The van der Waals surface area contributed by atoms with Crippen LogP contribution in [0.4, 0.5) is 4.39 Å². The fourth-order valence-corrected chi connectivity index (χ4v) is 4.33. The lowest BCUT2D eigenvalue weighted by atomic mass is 10.2. The van der Waals surface area contributed by atoms with Gasteiger partial charge in [0.15, 0.2) is 0 Å². The summed E-state index contributed by atoms with van der Waals surface area (Å²) in [5, 5.41) is 0.836. The summed E-state index contributed by atoms with van der Waals surface area (Å²) in [7, 11) is -3.97. The number of hydrogen-bond acceptors (Lipinski definition) is 5. The van der Waals surface area contributed by atoms with E-state index in [1.807, 2.05) is 6.92 Å². The molecule has 0 amide bonds. The minimum atomic E-state index is -3.97. The van der Waals surface area contributed by atoms with Crippen LogP contribution in [0, 0.1) is 12.7 Å². The van der Waals surface area contributed by atoms with E-state index in [0.29, 0.717) is 4.47 Å². The normalized spacial score (nSPS) is 11.8. The van der Waals surface area contributed by atoms with Crippen molar-refractivity contribution in [3.63, 3.8) is 0 Å². The SMILES string of the molecule is Cc1ncc(CNS(=O)(=O)c2cc(Br)cc(CN)c2F)s1. The van der Waals surface area contributed by atoms with Gasteiger partial charge in [0.05, 0.1) is 5.01 Å². The highest BCUT2D eigenvalue weighted by Crippen LogP contribution is 2.24. The van der Waals surface area contributed by atoms with Crippen molar-refractivity contribution in [1.29, 1.82) is 0 Å². The first-order valence-corrected chi connectivity index (χ1v) is 9.01. The molecule has 2 aromatic rings. The zero-order chi connectivity index (χ0) is 15.6. The number of sulfonamides is 1. The Kier molecular flexibility index (Phi) is 5.10. The summed E-state index contributed by atoms with van der Waals surface area (Å²) in [6.07, 6.45) is 1.59. The van der Waals surface area contributed by atoms with Crippen LogP contribution in [-0.2, 0) is 23.1 Å². The van der Waals surface area contributed by atoms with Gasteiger partial charge in [0.1, 0.15) is 10.7 Å². The number of aryl methyl sites for hydroxylation is 1. The van der Waals surface area contributed by atoms with Gasteiger partial charge in [-0.3, -0.25) is 0 Å². The van der Waals surface area contributed by atoms with Crippen LogP contribution in [-0.4, -0.2) is 13.4 Å². The Hall–Kier alpha value is -0.870. The minimum Gasteiger partial charge on any atom is -0.326 e. The molecular weight excluding hydrogens is 381 g/mol. The number of nitrogens with one attached hydrogen (secondary N) is 1. The van der Waals surface area contributed by atoms with Crippen LogP contribution in [0.1, 0.15) is 15.4 Å². The predicted octanol–water partition coefficient (Wildman–Crippen LogP) is 2.29. The van der Waals surface area contributed by atoms with E-state index in [4.69, 9.17) is 5.73 Å². The van der Waals surface area contributed by atoms with Crippen molar-refractivity contribution >= 4 is 37.3 Å². The first-order chi connectivity index (χ1) is 9.83. The van der Waals surface area contributed by atoms with Gasteiger partial charge in [0.2, 0.25) is 10.0 Å². The number of thiazole rings is 1. The second-order valence-corrected chi connectivity index (χ2v) is 8.22. The van der Waals surface area contributed by atoms with Gasteiger partial charge in [0, 0.05) is 34.2 Å². The molecular formula is C12H13BrFN3O2S2. The fraction of sp³-hybridized carbons (Fsp3) is 0.250. The molecule has 21 heavy (non-hydrogen) atoms. The lowest BCUT2D eigenvalue weighted by molar-refractivity contribution is 0.549. The summed E-state index contributed by atoms with van der Waals surface area (Å²) in [4.78, 5) is 4.37. The number of halogens is 2. The van der Waals surface area contributed by atoms with Gasteiger partial charge in [-0.25, -0.2) is 22.5 Å². The van der Waals surface area contributed by atoms with Crippen molar-refractivity contribution in [1.82, 2.24) is 9.71 Å². The number of rotatable bonds is 5. The molecule has 114 valence electrons. The van der Waals surface area contributed by atoms with E-state index in [0.717, 1.165) is 9.88 Å². The molecule has 0 atom stereocenters. The number of nitrogens with two attached hydrogens (primary N) is 1. The molecule has 0 aliphatic rings. The molecule has 0 aliphatic carbocycles. The highest BCUT2D eigenvalue weighted by Gasteiger charge is 2.22. The third-order valence-corrected chi connectivity index (χ3v) is 5.47. The molecule has 1 aromatic heterocycles. The molecule has 1 aromatic carbocycles. The number of aromatic nitrogens is 1. The maximum Gasteiger partial charge on any atom is 0.243 e. The van der Waals surface area contributed by atoms with Crippen LogP contribution in [0.25, 0.3) is 0 Å². The zero-order valence-electron chi connectivity index (χ0n) is 11.1. The van der Waals surface area contributed by atoms with Crippen molar-refractivity contribution in [2.75, 3.05) is 0 Å². The van der Waals surface area contributed by atoms with E-state index in [9.17, 15) is 12.8 Å². The van der Waals surface area contributed by atoms with E-state index in [1.54, 1.807) is 6.20 Å². The van der Waals surface area contributed by atoms with Crippen molar-refractivity contribution in [2.45, 2.75) is 24.9 Å². The number of benzene rings is 1. The van der Waals surface area contributed by atoms with Gasteiger partial charge < -0.3 is 5.73 Å². The Labute approximate surface area is 134 Å². The van der Waals surface area contributed by atoms with Crippen molar-refractivity contribution in [3.8, 4) is 0 Å². The standard InChI is InChI=1S/C12H13BrFN3O2S2/c1-7-16-5-10(20-7)6-17-21(18,19)11-3-9(13)2-8(4-15)12(11)14/h2-3,5,17H,4,6,15H2,1H3. The second-order valence-electron chi connectivity index (χ2n) is 4.25. The first kappa shape index (κ1) is 16.5. The van der Waals surface area contributed by atoms with E-state index in [1.165, 1.54) is 23.5 Å². The first-order valence-electron chi connectivity index (χ1n) is 5.92. The molecule has 0 aliphatic heterocycles. The largest absolute Gasteiger partial charge is 0.326 e. The van der Waals surface area contributed by atoms with E-state index >= 15 is 0 Å². The highest BCUT2D eigenvalue weighted by molar-refractivity contribution is 9.10. The van der Waals surface area contributed by atoms with Crippen molar-refractivity contribution in [2.24, 2.45) is 5.73 Å².